The first-order valence-corrected chi connectivity index (χ1v) is 10.2. The van der Waals surface area contributed by atoms with E-state index in [1.54, 1.807) is 0 Å². The van der Waals surface area contributed by atoms with Crippen molar-refractivity contribution in [2.75, 3.05) is 42.7 Å². The fourth-order valence-corrected chi connectivity index (χ4v) is 3.25. The number of piperidine rings is 1. The molecule has 0 amide bonds. The molecule has 5 N–H and O–H groups in total. The summed E-state index contributed by atoms with van der Waals surface area (Å²) in [6.45, 7) is 1.83. The molecule has 1 atom stereocenters. The van der Waals surface area contributed by atoms with Crippen LogP contribution in [-0.4, -0.2) is 55.5 Å². The predicted molar refractivity (Wildman–Crippen MR) is 119 cm³/mol. The van der Waals surface area contributed by atoms with Gasteiger partial charge in [0.2, 0.25) is 5.96 Å². The summed E-state index contributed by atoms with van der Waals surface area (Å²) in [5.74, 6) is 0.785. The number of hydrogen-bond donors (Lipinski definition) is 4. The fraction of sp³-hybridized carbons (Fsp3) is 0.421. The lowest BCUT2D eigenvalue weighted by Gasteiger charge is -2.24. The molecule has 1 unspecified atom stereocenters. The van der Waals surface area contributed by atoms with Crippen LogP contribution in [-0.2, 0) is 0 Å². The lowest BCUT2D eigenvalue weighted by Crippen LogP contribution is -2.38. The quantitative estimate of drug-likeness (QED) is 0.374. The number of aromatic nitrogens is 2. The fourth-order valence-electron chi connectivity index (χ4n) is 3.03. The summed E-state index contributed by atoms with van der Waals surface area (Å²) in [6, 6.07) is 5.70. The smallest absolute Gasteiger partial charge is 0.404 e. The van der Waals surface area contributed by atoms with Crippen molar-refractivity contribution in [1.82, 2.24) is 15.3 Å². The molecule has 0 spiro atoms. The summed E-state index contributed by atoms with van der Waals surface area (Å²) in [5.41, 5.74) is 6.27. The average Bonchev–Trinajstić information content (AvgIpc) is 2.69. The van der Waals surface area contributed by atoms with Gasteiger partial charge in [0, 0.05) is 38.4 Å². The minimum absolute atomic E-state index is 0.0632. The Hall–Kier alpha value is -2.99. The summed E-state index contributed by atoms with van der Waals surface area (Å²) >= 11 is 5.86. The van der Waals surface area contributed by atoms with E-state index in [9.17, 15) is 13.2 Å². The Bertz CT molecular complexity index is 964. The van der Waals surface area contributed by atoms with Gasteiger partial charge in [0.1, 0.15) is 17.4 Å². The molecule has 3 rings (SSSR count). The highest BCUT2D eigenvalue weighted by molar-refractivity contribution is 6.32. The zero-order chi connectivity index (χ0) is 23.3. The molecule has 0 saturated carbocycles. The molecule has 1 aromatic carbocycles. The van der Waals surface area contributed by atoms with Crippen LogP contribution in [0.25, 0.3) is 0 Å². The largest absolute Gasteiger partial charge is 0.573 e. The number of nitrogens with one attached hydrogen (secondary N) is 3. The van der Waals surface area contributed by atoms with E-state index in [4.69, 9.17) is 17.3 Å². The number of nitrogens with two attached hydrogens (primary N) is 1. The Labute approximate surface area is 188 Å². The molecule has 9 nitrogen and oxygen atoms in total. The zero-order valence-electron chi connectivity index (χ0n) is 17.5. The Morgan fingerprint density at radius 1 is 1.31 bits per heavy atom. The first kappa shape index (κ1) is 23.7. The first-order valence-electron chi connectivity index (χ1n) is 9.79. The maximum atomic E-state index is 12.4. The molecule has 1 fully saturated rings. The van der Waals surface area contributed by atoms with Crippen LogP contribution in [0.3, 0.4) is 0 Å². The van der Waals surface area contributed by atoms with Crippen LogP contribution in [0.4, 0.5) is 36.4 Å². The summed E-state index contributed by atoms with van der Waals surface area (Å²) in [4.78, 5) is 14.8. The maximum Gasteiger partial charge on any atom is 0.573 e. The molecule has 1 aromatic heterocycles. The van der Waals surface area contributed by atoms with E-state index in [-0.39, 0.29) is 23.0 Å². The van der Waals surface area contributed by atoms with Gasteiger partial charge in [-0.25, -0.2) is 0 Å². The molecular weight excluding hydrogens is 449 g/mol. The third kappa shape index (κ3) is 7.02. The first-order chi connectivity index (χ1) is 15.1. The van der Waals surface area contributed by atoms with Crippen LogP contribution in [0.2, 0.25) is 5.02 Å². The second-order valence-corrected chi connectivity index (χ2v) is 7.72. The molecular formula is C19H24ClF3N8O. The normalized spacial score (nSPS) is 17.1. The SMILES string of the molecule is CN(C)c1cc(NC2CCCNC2)nc(/N=C(\N)Nc2ccc(OC(F)(F)F)c(Cl)c2)n1. The van der Waals surface area contributed by atoms with Gasteiger partial charge in [0.05, 0.1) is 5.02 Å². The molecule has 1 saturated heterocycles. The highest BCUT2D eigenvalue weighted by atomic mass is 35.5. The number of aliphatic imine (C=N–C) groups is 1. The minimum Gasteiger partial charge on any atom is -0.404 e. The number of halogens is 4. The number of hydrogen-bond acceptors (Lipinski definition) is 7. The Balaban J connectivity index is 1.76. The van der Waals surface area contributed by atoms with E-state index in [0.29, 0.717) is 17.3 Å². The van der Waals surface area contributed by atoms with Gasteiger partial charge < -0.3 is 31.3 Å². The molecule has 32 heavy (non-hydrogen) atoms. The minimum atomic E-state index is -4.84. The van der Waals surface area contributed by atoms with E-state index in [1.807, 2.05) is 25.1 Å². The second kappa shape index (κ2) is 10.1. The van der Waals surface area contributed by atoms with Crippen molar-refractivity contribution in [1.29, 1.82) is 0 Å². The molecule has 2 aromatic rings. The molecule has 2 heterocycles. The van der Waals surface area contributed by atoms with Gasteiger partial charge >= 0.3 is 6.36 Å². The van der Waals surface area contributed by atoms with Crippen molar-refractivity contribution in [2.24, 2.45) is 10.7 Å². The van der Waals surface area contributed by atoms with Crippen molar-refractivity contribution in [3.8, 4) is 5.75 Å². The number of rotatable bonds is 6. The Kier molecular flexibility index (Phi) is 7.46. The second-order valence-electron chi connectivity index (χ2n) is 7.31. The van der Waals surface area contributed by atoms with Crippen LogP contribution < -0.4 is 31.3 Å². The summed E-state index contributed by atoms with van der Waals surface area (Å²) in [6.07, 6.45) is -2.75. The standard InChI is InChI=1S/C19H24ClF3N8O/c1-31(2)16-9-15(26-12-4-3-7-25-10-12)28-18(29-16)30-17(24)27-11-5-6-14(13(20)8-11)32-19(21,22)23/h5-6,8-9,12,25H,3-4,7,10H2,1-2H3,(H4,24,26,27,28,29,30). The van der Waals surface area contributed by atoms with Crippen molar-refractivity contribution < 1.29 is 17.9 Å². The van der Waals surface area contributed by atoms with E-state index in [2.05, 4.69) is 35.6 Å². The number of benzene rings is 1. The predicted octanol–water partition coefficient (Wildman–Crippen LogP) is 3.32. The third-order valence-corrected chi connectivity index (χ3v) is 4.75. The van der Waals surface area contributed by atoms with Crippen LogP contribution in [0.15, 0.2) is 29.3 Å². The van der Waals surface area contributed by atoms with E-state index in [1.165, 1.54) is 12.1 Å². The van der Waals surface area contributed by atoms with Crippen LogP contribution in [0.1, 0.15) is 12.8 Å². The summed E-state index contributed by atoms with van der Waals surface area (Å²) in [7, 11) is 3.69. The number of guanidine groups is 1. The monoisotopic (exact) mass is 472 g/mol. The van der Waals surface area contributed by atoms with E-state index < -0.39 is 12.1 Å². The summed E-state index contributed by atoms with van der Waals surface area (Å²) < 4.78 is 41.0. The average molecular weight is 473 g/mol. The summed E-state index contributed by atoms with van der Waals surface area (Å²) in [5, 5.41) is 9.23. The molecule has 0 bridgehead atoms. The zero-order valence-corrected chi connectivity index (χ0v) is 18.3. The maximum absolute atomic E-state index is 12.4. The Morgan fingerprint density at radius 2 is 2.09 bits per heavy atom. The third-order valence-electron chi connectivity index (χ3n) is 4.46. The molecule has 1 aliphatic rings. The van der Waals surface area contributed by atoms with E-state index >= 15 is 0 Å². The van der Waals surface area contributed by atoms with Crippen molar-refractivity contribution >= 4 is 40.8 Å². The van der Waals surface area contributed by atoms with Crippen LogP contribution >= 0.6 is 11.6 Å². The van der Waals surface area contributed by atoms with Crippen LogP contribution in [0.5, 0.6) is 5.75 Å². The lowest BCUT2D eigenvalue weighted by atomic mass is 10.1. The molecule has 174 valence electrons. The van der Waals surface area contributed by atoms with E-state index in [0.717, 1.165) is 32.0 Å². The van der Waals surface area contributed by atoms with Crippen molar-refractivity contribution in [3.05, 3.63) is 29.3 Å². The molecule has 13 heteroatoms. The number of anilines is 3. The molecule has 1 aliphatic heterocycles. The lowest BCUT2D eigenvalue weighted by molar-refractivity contribution is -0.274. The number of alkyl halides is 3. The van der Waals surface area contributed by atoms with Gasteiger partial charge in [0.25, 0.3) is 5.95 Å². The van der Waals surface area contributed by atoms with Gasteiger partial charge in [0.15, 0.2) is 0 Å². The van der Waals surface area contributed by atoms with Crippen LogP contribution in [0, 0.1) is 0 Å². The topological polar surface area (TPSA) is 113 Å². The van der Waals surface area contributed by atoms with Crippen molar-refractivity contribution in [3.63, 3.8) is 0 Å². The van der Waals surface area contributed by atoms with Gasteiger partial charge in [-0.1, -0.05) is 11.6 Å². The Morgan fingerprint density at radius 3 is 2.72 bits per heavy atom. The number of ether oxygens (including phenoxy) is 1. The van der Waals surface area contributed by atoms with Gasteiger partial charge in [-0.3, -0.25) is 0 Å². The molecule has 0 aliphatic carbocycles. The van der Waals surface area contributed by atoms with Gasteiger partial charge in [-0.05, 0) is 37.6 Å². The highest BCUT2D eigenvalue weighted by Crippen LogP contribution is 2.32. The number of nitrogens with zero attached hydrogens (tertiary/aromatic N) is 4. The van der Waals surface area contributed by atoms with Gasteiger partial charge in [-0.2, -0.15) is 15.0 Å². The van der Waals surface area contributed by atoms with Crippen molar-refractivity contribution in [2.45, 2.75) is 25.2 Å². The highest BCUT2D eigenvalue weighted by Gasteiger charge is 2.32. The molecule has 0 radical (unpaired) electrons. The van der Waals surface area contributed by atoms with Gasteiger partial charge in [-0.15, -0.1) is 13.2 Å².